The van der Waals surface area contributed by atoms with Crippen molar-refractivity contribution < 1.29 is 22.4 Å². The van der Waals surface area contributed by atoms with E-state index in [-0.39, 0.29) is 17.6 Å². The van der Waals surface area contributed by atoms with Crippen molar-refractivity contribution in [2.24, 2.45) is 0 Å². The summed E-state index contributed by atoms with van der Waals surface area (Å²) in [5.74, 6) is 0.238. The van der Waals surface area contributed by atoms with Gasteiger partial charge in [-0.25, -0.2) is 4.98 Å². The van der Waals surface area contributed by atoms with Gasteiger partial charge in [-0.05, 0) is 30.2 Å². The molecule has 6 heteroatoms. The first-order valence-electron chi connectivity index (χ1n) is 5.96. The highest BCUT2D eigenvalue weighted by atomic mass is 19.4. The summed E-state index contributed by atoms with van der Waals surface area (Å²) in [5.41, 5.74) is 0.149. The van der Waals surface area contributed by atoms with Gasteiger partial charge < -0.3 is 4.42 Å². The molecule has 0 atom stereocenters. The maximum absolute atomic E-state index is 12.5. The lowest BCUT2D eigenvalue weighted by Crippen LogP contribution is -2.03. The normalized spacial score (nSPS) is 11.9. The van der Waals surface area contributed by atoms with Crippen molar-refractivity contribution in [2.75, 3.05) is 0 Å². The third-order valence-corrected chi connectivity index (χ3v) is 2.79. The van der Waals surface area contributed by atoms with Gasteiger partial charge >= 0.3 is 6.18 Å². The van der Waals surface area contributed by atoms with E-state index < -0.39 is 11.7 Å². The second kappa shape index (κ2) is 5.11. The van der Waals surface area contributed by atoms with Gasteiger partial charge in [-0.2, -0.15) is 13.2 Å². The zero-order valence-electron chi connectivity index (χ0n) is 10.9. The number of aromatic nitrogens is 1. The molecule has 1 heterocycles. The first-order chi connectivity index (χ1) is 9.32. The lowest BCUT2D eigenvalue weighted by atomic mass is 10.1. The van der Waals surface area contributed by atoms with E-state index in [9.17, 15) is 18.0 Å². The number of carbonyl (C=O) groups is 1. The largest absolute Gasteiger partial charge is 0.433 e. The van der Waals surface area contributed by atoms with E-state index in [2.05, 4.69) is 4.98 Å². The van der Waals surface area contributed by atoms with Gasteiger partial charge in [0.15, 0.2) is 12.0 Å². The average molecular weight is 283 g/mol. The Hall–Kier alpha value is -2.11. The number of benzene rings is 1. The van der Waals surface area contributed by atoms with Crippen LogP contribution in [-0.2, 0) is 6.18 Å². The summed E-state index contributed by atoms with van der Waals surface area (Å²) in [6.45, 7) is 3.70. The summed E-state index contributed by atoms with van der Waals surface area (Å²) in [5, 5.41) is 0. The van der Waals surface area contributed by atoms with Crippen molar-refractivity contribution in [2.45, 2.75) is 25.9 Å². The highest BCUT2D eigenvalue weighted by Crippen LogP contribution is 2.31. The number of oxazole rings is 1. The number of aldehydes is 1. The van der Waals surface area contributed by atoms with E-state index in [4.69, 9.17) is 4.42 Å². The number of nitrogens with zero attached hydrogens (tertiary/aromatic N) is 1. The Morgan fingerprint density at radius 2 is 1.80 bits per heavy atom. The molecule has 0 radical (unpaired) electrons. The van der Waals surface area contributed by atoms with Crippen LogP contribution >= 0.6 is 0 Å². The molecule has 0 fully saturated rings. The Morgan fingerprint density at radius 1 is 1.20 bits per heavy atom. The maximum atomic E-state index is 12.5. The van der Waals surface area contributed by atoms with Crippen molar-refractivity contribution >= 4 is 6.29 Å². The van der Waals surface area contributed by atoms with Crippen molar-refractivity contribution in [3.8, 4) is 11.5 Å². The van der Waals surface area contributed by atoms with E-state index >= 15 is 0 Å². The van der Waals surface area contributed by atoms with E-state index in [1.54, 1.807) is 0 Å². The molecule has 1 aromatic carbocycles. The van der Waals surface area contributed by atoms with Crippen LogP contribution in [0.3, 0.4) is 0 Å². The highest BCUT2D eigenvalue weighted by molar-refractivity contribution is 5.74. The van der Waals surface area contributed by atoms with E-state index in [0.717, 1.165) is 12.1 Å². The molecular weight excluding hydrogens is 271 g/mol. The maximum Gasteiger partial charge on any atom is 0.416 e. The minimum atomic E-state index is -4.38. The van der Waals surface area contributed by atoms with Crippen molar-refractivity contribution in [1.82, 2.24) is 4.98 Å². The van der Waals surface area contributed by atoms with Crippen LogP contribution in [0.15, 0.2) is 28.7 Å². The minimum Gasteiger partial charge on any atom is -0.433 e. The predicted octanol–water partition coefficient (Wildman–Crippen LogP) is 4.30. The van der Waals surface area contributed by atoms with Crippen LogP contribution in [0.5, 0.6) is 0 Å². The van der Waals surface area contributed by atoms with Gasteiger partial charge in [-0.3, -0.25) is 4.79 Å². The molecule has 0 bridgehead atoms. The quantitative estimate of drug-likeness (QED) is 0.789. The Labute approximate surface area is 113 Å². The molecule has 2 aromatic rings. The SMILES string of the molecule is CC(C)c1nc(-c2ccc(C(F)(F)F)cc2)oc1C=O. The first kappa shape index (κ1) is 14.3. The molecule has 0 saturated carbocycles. The van der Waals surface area contributed by atoms with E-state index in [1.165, 1.54) is 12.1 Å². The van der Waals surface area contributed by atoms with Crippen LogP contribution in [0.1, 0.15) is 41.6 Å². The third-order valence-electron chi connectivity index (χ3n) is 2.79. The number of hydrogen-bond acceptors (Lipinski definition) is 3. The van der Waals surface area contributed by atoms with Crippen LogP contribution in [0.25, 0.3) is 11.5 Å². The molecule has 0 N–H and O–H groups in total. The molecular formula is C14H12F3NO2. The molecule has 20 heavy (non-hydrogen) atoms. The summed E-state index contributed by atoms with van der Waals surface area (Å²) in [6.07, 6.45) is -3.83. The zero-order chi connectivity index (χ0) is 14.9. The monoisotopic (exact) mass is 283 g/mol. The van der Waals surface area contributed by atoms with Crippen LogP contribution in [0.2, 0.25) is 0 Å². The molecule has 0 aliphatic carbocycles. The van der Waals surface area contributed by atoms with Crippen molar-refractivity contribution in [3.63, 3.8) is 0 Å². The van der Waals surface area contributed by atoms with Gasteiger partial charge in [-0.1, -0.05) is 13.8 Å². The van der Waals surface area contributed by atoms with Gasteiger partial charge in [-0.15, -0.1) is 0 Å². The zero-order valence-corrected chi connectivity index (χ0v) is 10.9. The molecule has 0 spiro atoms. The number of halogens is 3. The Kier molecular flexibility index (Phi) is 3.65. The van der Waals surface area contributed by atoms with Crippen LogP contribution in [-0.4, -0.2) is 11.3 Å². The second-order valence-electron chi connectivity index (χ2n) is 4.62. The van der Waals surface area contributed by atoms with Crippen LogP contribution in [0.4, 0.5) is 13.2 Å². The molecule has 0 unspecified atom stereocenters. The third kappa shape index (κ3) is 2.74. The summed E-state index contributed by atoms with van der Waals surface area (Å²) in [7, 11) is 0. The molecule has 1 aromatic heterocycles. The minimum absolute atomic E-state index is 0.0119. The summed E-state index contributed by atoms with van der Waals surface area (Å²) in [6, 6.07) is 4.45. The Bertz CT molecular complexity index is 612. The summed E-state index contributed by atoms with van der Waals surface area (Å²) >= 11 is 0. The van der Waals surface area contributed by atoms with Crippen molar-refractivity contribution in [1.29, 1.82) is 0 Å². The molecule has 2 rings (SSSR count). The highest BCUT2D eigenvalue weighted by Gasteiger charge is 2.30. The van der Waals surface area contributed by atoms with E-state index in [0.29, 0.717) is 17.5 Å². The topological polar surface area (TPSA) is 43.1 Å². The second-order valence-corrected chi connectivity index (χ2v) is 4.62. The Morgan fingerprint density at radius 3 is 2.20 bits per heavy atom. The van der Waals surface area contributed by atoms with Gasteiger partial charge in [0.25, 0.3) is 0 Å². The summed E-state index contributed by atoms with van der Waals surface area (Å²) < 4.78 is 42.7. The van der Waals surface area contributed by atoms with Gasteiger partial charge in [0.05, 0.1) is 11.3 Å². The fraction of sp³-hybridized carbons (Fsp3) is 0.286. The fourth-order valence-corrected chi connectivity index (χ4v) is 1.77. The number of carbonyl (C=O) groups excluding carboxylic acids is 1. The molecule has 0 saturated heterocycles. The molecule has 0 aliphatic heterocycles. The lowest BCUT2D eigenvalue weighted by molar-refractivity contribution is -0.137. The first-order valence-corrected chi connectivity index (χ1v) is 5.96. The van der Waals surface area contributed by atoms with Crippen LogP contribution < -0.4 is 0 Å². The molecule has 106 valence electrons. The van der Waals surface area contributed by atoms with Gasteiger partial charge in [0.1, 0.15) is 0 Å². The molecule has 0 amide bonds. The van der Waals surface area contributed by atoms with Gasteiger partial charge in [0, 0.05) is 5.56 Å². The standard InChI is InChI=1S/C14H12F3NO2/c1-8(2)12-11(7-19)20-13(18-12)9-3-5-10(6-4-9)14(15,16)17/h3-8H,1-2H3. The smallest absolute Gasteiger partial charge is 0.416 e. The number of rotatable bonds is 3. The molecule has 0 aliphatic rings. The fourth-order valence-electron chi connectivity index (χ4n) is 1.77. The number of alkyl halides is 3. The number of hydrogen-bond donors (Lipinski definition) is 0. The molecule has 3 nitrogen and oxygen atoms in total. The average Bonchev–Trinajstić information content (AvgIpc) is 2.82. The summed E-state index contributed by atoms with van der Waals surface area (Å²) in [4.78, 5) is 15.0. The van der Waals surface area contributed by atoms with Gasteiger partial charge in [0.2, 0.25) is 5.89 Å². The lowest BCUT2D eigenvalue weighted by Gasteiger charge is -2.06. The Balaban J connectivity index is 2.39. The van der Waals surface area contributed by atoms with Crippen molar-refractivity contribution in [3.05, 3.63) is 41.3 Å². The van der Waals surface area contributed by atoms with Crippen LogP contribution in [0, 0.1) is 0 Å². The predicted molar refractivity (Wildman–Crippen MR) is 66.4 cm³/mol. The van der Waals surface area contributed by atoms with E-state index in [1.807, 2.05) is 13.8 Å².